The minimum atomic E-state index is 0.252. The lowest BCUT2D eigenvalue weighted by atomic mass is 10.2. The van der Waals surface area contributed by atoms with E-state index in [2.05, 4.69) is 21.2 Å². The highest BCUT2D eigenvalue weighted by atomic mass is 79.9. The van der Waals surface area contributed by atoms with E-state index in [1.165, 1.54) is 0 Å². The van der Waals surface area contributed by atoms with Crippen LogP contribution in [0.5, 0.6) is 11.5 Å². The van der Waals surface area contributed by atoms with Crippen molar-refractivity contribution in [2.75, 3.05) is 26.9 Å². The molecule has 1 aromatic carbocycles. The van der Waals surface area contributed by atoms with Gasteiger partial charge in [-0.2, -0.15) is 0 Å². The van der Waals surface area contributed by atoms with E-state index in [0.717, 1.165) is 47.5 Å². The van der Waals surface area contributed by atoms with Gasteiger partial charge in [-0.05, 0) is 44.0 Å². The van der Waals surface area contributed by atoms with Crippen molar-refractivity contribution < 1.29 is 14.6 Å². The van der Waals surface area contributed by atoms with Crippen LogP contribution >= 0.6 is 15.9 Å². The van der Waals surface area contributed by atoms with Crippen LogP contribution in [-0.2, 0) is 6.54 Å². The van der Waals surface area contributed by atoms with Crippen molar-refractivity contribution in [1.82, 2.24) is 5.32 Å². The Morgan fingerprint density at radius 1 is 1.26 bits per heavy atom. The third-order valence-electron chi connectivity index (χ3n) is 2.71. The average molecular weight is 332 g/mol. The maximum atomic E-state index is 8.71. The van der Waals surface area contributed by atoms with E-state index >= 15 is 0 Å². The van der Waals surface area contributed by atoms with Crippen LogP contribution in [0.3, 0.4) is 0 Å². The van der Waals surface area contributed by atoms with Crippen molar-refractivity contribution in [3.63, 3.8) is 0 Å². The number of aliphatic hydroxyl groups is 1. The largest absolute Gasteiger partial charge is 0.493 e. The van der Waals surface area contributed by atoms with Crippen LogP contribution in [0.25, 0.3) is 0 Å². The minimum absolute atomic E-state index is 0.252. The van der Waals surface area contributed by atoms with Crippen LogP contribution in [0.15, 0.2) is 16.6 Å². The van der Waals surface area contributed by atoms with Crippen LogP contribution in [0, 0.1) is 0 Å². The molecule has 0 spiro atoms. The predicted molar refractivity (Wildman–Crippen MR) is 79.9 cm³/mol. The second kappa shape index (κ2) is 9.18. The lowest BCUT2D eigenvalue weighted by Crippen LogP contribution is -2.15. The summed E-state index contributed by atoms with van der Waals surface area (Å²) in [5.41, 5.74) is 1.13. The second-order valence-corrected chi connectivity index (χ2v) is 4.99. The molecule has 0 aliphatic carbocycles. The van der Waals surface area contributed by atoms with Crippen molar-refractivity contribution in [1.29, 1.82) is 0 Å². The third kappa shape index (κ3) is 5.38. The van der Waals surface area contributed by atoms with Crippen LogP contribution in [0.1, 0.15) is 25.3 Å². The van der Waals surface area contributed by atoms with E-state index in [9.17, 15) is 0 Å². The molecule has 2 N–H and O–H groups in total. The number of ether oxygens (including phenoxy) is 2. The SMILES string of the molecule is CCOc1cc(CNCCCCO)c(Br)cc1OC. The number of rotatable bonds is 9. The average Bonchev–Trinajstić information content (AvgIpc) is 2.41. The summed E-state index contributed by atoms with van der Waals surface area (Å²) < 4.78 is 11.9. The molecule has 1 rings (SSSR count). The molecule has 0 atom stereocenters. The van der Waals surface area contributed by atoms with Gasteiger partial charge >= 0.3 is 0 Å². The fourth-order valence-corrected chi connectivity index (χ4v) is 2.19. The molecule has 19 heavy (non-hydrogen) atoms. The van der Waals surface area contributed by atoms with Crippen LogP contribution in [-0.4, -0.2) is 32.0 Å². The molecule has 0 unspecified atom stereocenters. The van der Waals surface area contributed by atoms with E-state index in [1.807, 2.05) is 19.1 Å². The lowest BCUT2D eigenvalue weighted by molar-refractivity contribution is 0.283. The summed E-state index contributed by atoms with van der Waals surface area (Å²) in [7, 11) is 1.64. The summed E-state index contributed by atoms with van der Waals surface area (Å²) >= 11 is 3.54. The molecule has 0 radical (unpaired) electrons. The Morgan fingerprint density at radius 3 is 2.68 bits per heavy atom. The summed E-state index contributed by atoms with van der Waals surface area (Å²) in [6, 6.07) is 3.92. The highest BCUT2D eigenvalue weighted by molar-refractivity contribution is 9.10. The summed E-state index contributed by atoms with van der Waals surface area (Å²) in [4.78, 5) is 0. The summed E-state index contributed by atoms with van der Waals surface area (Å²) in [5, 5.41) is 12.1. The Morgan fingerprint density at radius 2 is 2.05 bits per heavy atom. The highest BCUT2D eigenvalue weighted by Crippen LogP contribution is 2.33. The minimum Gasteiger partial charge on any atom is -0.493 e. The number of methoxy groups -OCH3 is 1. The Hall–Kier alpha value is -0.780. The quantitative estimate of drug-likeness (QED) is 0.683. The van der Waals surface area contributed by atoms with Crippen molar-refractivity contribution in [3.05, 3.63) is 22.2 Å². The topological polar surface area (TPSA) is 50.7 Å². The molecule has 0 aromatic heterocycles. The number of benzene rings is 1. The normalized spacial score (nSPS) is 10.5. The molecular weight excluding hydrogens is 310 g/mol. The molecule has 0 bridgehead atoms. The first-order chi connectivity index (χ1) is 9.22. The number of hydrogen-bond donors (Lipinski definition) is 2. The van der Waals surface area contributed by atoms with Gasteiger partial charge in [0.2, 0.25) is 0 Å². The van der Waals surface area contributed by atoms with E-state index in [4.69, 9.17) is 14.6 Å². The molecule has 5 heteroatoms. The van der Waals surface area contributed by atoms with Crippen molar-refractivity contribution in [2.24, 2.45) is 0 Å². The van der Waals surface area contributed by atoms with Gasteiger partial charge in [-0.15, -0.1) is 0 Å². The molecule has 0 saturated carbocycles. The molecule has 4 nitrogen and oxygen atoms in total. The first-order valence-corrected chi connectivity index (χ1v) is 7.33. The van der Waals surface area contributed by atoms with Crippen LogP contribution in [0.2, 0.25) is 0 Å². The van der Waals surface area contributed by atoms with Gasteiger partial charge in [0.15, 0.2) is 11.5 Å². The molecule has 0 aliphatic heterocycles. The molecule has 0 saturated heterocycles. The Labute approximate surface area is 123 Å². The first-order valence-electron chi connectivity index (χ1n) is 6.53. The summed E-state index contributed by atoms with van der Waals surface area (Å²) in [6.07, 6.45) is 1.81. The van der Waals surface area contributed by atoms with E-state index in [1.54, 1.807) is 7.11 Å². The van der Waals surface area contributed by atoms with Crippen molar-refractivity contribution in [2.45, 2.75) is 26.3 Å². The van der Waals surface area contributed by atoms with Crippen LogP contribution in [0.4, 0.5) is 0 Å². The van der Waals surface area contributed by atoms with Gasteiger partial charge in [-0.3, -0.25) is 0 Å². The molecule has 0 amide bonds. The Kier molecular flexibility index (Phi) is 7.86. The molecule has 1 aromatic rings. The Balaban J connectivity index is 2.64. The monoisotopic (exact) mass is 331 g/mol. The number of nitrogens with one attached hydrogen (secondary N) is 1. The lowest BCUT2D eigenvalue weighted by Gasteiger charge is -2.13. The number of unbranched alkanes of at least 4 members (excludes halogenated alkanes) is 1. The highest BCUT2D eigenvalue weighted by Gasteiger charge is 2.09. The fourth-order valence-electron chi connectivity index (χ4n) is 1.73. The van der Waals surface area contributed by atoms with E-state index in [0.29, 0.717) is 6.61 Å². The van der Waals surface area contributed by atoms with Gasteiger partial charge in [0, 0.05) is 17.6 Å². The maximum Gasteiger partial charge on any atom is 0.161 e. The zero-order valence-corrected chi connectivity index (χ0v) is 13.1. The van der Waals surface area contributed by atoms with Gasteiger partial charge in [0.1, 0.15) is 0 Å². The van der Waals surface area contributed by atoms with Gasteiger partial charge in [0.05, 0.1) is 13.7 Å². The van der Waals surface area contributed by atoms with Crippen molar-refractivity contribution in [3.8, 4) is 11.5 Å². The number of aliphatic hydroxyl groups excluding tert-OH is 1. The summed E-state index contributed by atoms with van der Waals surface area (Å²) in [6.45, 7) is 4.47. The summed E-state index contributed by atoms with van der Waals surface area (Å²) in [5.74, 6) is 1.50. The smallest absolute Gasteiger partial charge is 0.161 e. The zero-order valence-electron chi connectivity index (χ0n) is 11.5. The Bertz CT molecular complexity index is 385. The maximum absolute atomic E-state index is 8.71. The van der Waals surface area contributed by atoms with E-state index < -0.39 is 0 Å². The fraction of sp³-hybridized carbons (Fsp3) is 0.571. The molecular formula is C14H22BrNO3. The number of halogens is 1. The molecule has 0 fully saturated rings. The molecule has 0 aliphatic rings. The van der Waals surface area contributed by atoms with Gasteiger partial charge < -0.3 is 19.9 Å². The number of hydrogen-bond acceptors (Lipinski definition) is 4. The zero-order chi connectivity index (χ0) is 14.1. The predicted octanol–water partition coefficient (Wildman–Crippen LogP) is 2.72. The second-order valence-electron chi connectivity index (χ2n) is 4.13. The third-order valence-corrected chi connectivity index (χ3v) is 3.45. The van der Waals surface area contributed by atoms with Gasteiger partial charge in [-0.25, -0.2) is 0 Å². The van der Waals surface area contributed by atoms with Crippen LogP contribution < -0.4 is 14.8 Å². The standard InChI is InChI=1S/C14H22BrNO3/c1-3-19-14-8-11(10-16-6-4-5-7-17)12(15)9-13(14)18-2/h8-9,16-17H,3-7,10H2,1-2H3. The molecule has 108 valence electrons. The van der Waals surface area contributed by atoms with Crippen molar-refractivity contribution >= 4 is 15.9 Å². The first kappa shape index (κ1) is 16.3. The van der Waals surface area contributed by atoms with E-state index in [-0.39, 0.29) is 6.61 Å². The van der Waals surface area contributed by atoms with Gasteiger partial charge in [-0.1, -0.05) is 15.9 Å². The molecule has 0 heterocycles. The van der Waals surface area contributed by atoms with Gasteiger partial charge in [0.25, 0.3) is 0 Å².